The zero-order chi connectivity index (χ0) is 13.0. The standard InChI is InChI=1S/C12H12N6/c1-18(17-14)11(13)10-7-15-12(16-8-10)9-5-3-2-4-6-9/h2-8,13-14H,1H3. The van der Waals surface area contributed by atoms with Crippen molar-refractivity contribution >= 4 is 5.84 Å². The van der Waals surface area contributed by atoms with E-state index >= 15 is 0 Å². The molecule has 6 heteroatoms. The highest BCUT2D eigenvalue weighted by Crippen LogP contribution is 2.13. The maximum atomic E-state index is 7.74. The third kappa shape index (κ3) is 2.37. The van der Waals surface area contributed by atoms with E-state index in [4.69, 9.17) is 10.9 Å². The topological polar surface area (TPSA) is 89.1 Å². The van der Waals surface area contributed by atoms with Crippen LogP contribution in [0.5, 0.6) is 0 Å². The molecule has 0 saturated heterocycles. The number of rotatable bonds is 3. The fraction of sp³-hybridized carbons (Fsp3) is 0.0833. The van der Waals surface area contributed by atoms with Gasteiger partial charge in [-0.15, -0.1) is 0 Å². The summed E-state index contributed by atoms with van der Waals surface area (Å²) in [4.78, 5) is 8.41. The van der Waals surface area contributed by atoms with Gasteiger partial charge in [0.1, 0.15) is 0 Å². The monoisotopic (exact) mass is 240 g/mol. The Hall–Kier alpha value is -2.63. The third-order valence-corrected chi connectivity index (χ3v) is 2.43. The SMILES string of the molecule is CN(N=N)C(=N)c1cnc(-c2ccccc2)nc1. The van der Waals surface area contributed by atoms with Crippen LogP contribution >= 0.6 is 0 Å². The van der Waals surface area contributed by atoms with Crippen molar-refractivity contribution in [2.45, 2.75) is 0 Å². The minimum Gasteiger partial charge on any atom is -0.283 e. The molecule has 6 nitrogen and oxygen atoms in total. The van der Waals surface area contributed by atoms with Crippen LogP contribution in [0.3, 0.4) is 0 Å². The molecule has 90 valence electrons. The molecule has 0 atom stereocenters. The van der Waals surface area contributed by atoms with Crippen molar-refractivity contribution in [1.82, 2.24) is 15.0 Å². The number of nitrogens with one attached hydrogen (secondary N) is 2. The van der Waals surface area contributed by atoms with Crippen molar-refractivity contribution < 1.29 is 0 Å². The summed E-state index contributed by atoms with van der Waals surface area (Å²) in [6.07, 6.45) is 3.11. The van der Waals surface area contributed by atoms with Crippen molar-refractivity contribution in [2.75, 3.05) is 7.05 Å². The lowest BCUT2D eigenvalue weighted by Crippen LogP contribution is -2.20. The fourth-order valence-electron chi connectivity index (χ4n) is 1.42. The van der Waals surface area contributed by atoms with Crippen LogP contribution in [0.25, 0.3) is 11.4 Å². The van der Waals surface area contributed by atoms with Gasteiger partial charge in [-0.1, -0.05) is 35.6 Å². The average Bonchev–Trinajstić information content (AvgIpc) is 2.47. The molecule has 2 rings (SSSR count). The smallest absolute Gasteiger partial charge is 0.159 e. The van der Waals surface area contributed by atoms with Crippen LogP contribution in [0.4, 0.5) is 0 Å². The minimum absolute atomic E-state index is 0.0876. The van der Waals surface area contributed by atoms with Gasteiger partial charge in [0, 0.05) is 25.0 Å². The molecular weight excluding hydrogens is 228 g/mol. The number of aromatic nitrogens is 2. The molecule has 1 heterocycles. The lowest BCUT2D eigenvalue weighted by Gasteiger charge is -2.11. The van der Waals surface area contributed by atoms with E-state index in [1.165, 1.54) is 7.05 Å². The largest absolute Gasteiger partial charge is 0.283 e. The van der Waals surface area contributed by atoms with Crippen LogP contribution in [0, 0.1) is 10.9 Å². The van der Waals surface area contributed by atoms with E-state index < -0.39 is 0 Å². The van der Waals surface area contributed by atoms with E-state index in [0.717, 1.165) is 10.6 Å². The Morgan fingerprint density at radius 2 is 1.78 bits per heavy atom. The summed E-state index contributed by atoms with van der Waals surface area (Å²) in [6, 6.07) is 9.61. The highest BCUT2D eigenvalue weighted by molar-refractivity contribution is 5.95. The van der Waals surface area contributed by atoms with Gasteiger partial charge in [-0.05, 0) is 0 Å². The summed E-state index contributed by atoms with van der Waals surface area (Å²) in [5.41, 5.74) is 8.28. The summed E-state index contributed by atoms with van der Waals surface area (Å²) in [5.74, 6) is 0.697. The second-order valence-electron chi connectivity index (χ2n) is 3.63. The quantitative estimate of drug-likeness (QED) is 0.373. The zero-order valence-corrected chi connectivity index (χ0v) is 9.83. The van der Waals surface area contributed by atoms with Gasteiger partial charge in [0.05, 0.1) is 5.56 Å². The van der Waals surface area contributed by atoms with Gasteiger partial charge in [-0.3, -0.25) is 5.41 Å². The van der Waals surface area contributed by atoms with Gasteiger partial charge < -0.3 is 0 Å². The molecule has 0 spiro atoms. The molecule has 0 unspecified atom stereocenters. The first-order valence-electron chi connectivity index (χ1n) is 5.30. The Kier molecular flexibility index (Phi) is 3.38. The molecule has 0 aliphatic rings. The van der Waals surface area contributed by atoms with E-state index in [1.807, 2.05) is 30.3 Å². The van der Waals surface area contributed by atoms with Crippen molar-refractivity contribution in [2.24, 2.45) is 5.22 Å². The maximum absolute atomic E-state index is 7.74. The van der Waals surface area contributed by atoms with Crippen LogP contribution in [-0.2, 0) is 0 Å². The number of benzene rings is 1. The molecule has 0 fully saturated rings. The Labute approximate surface area is 104 Å². The fourth-order valence-corrected chi connectivity index (χ4v) is 1.42. The second-order valence-corrected chi connectivity index (χ2v) is 3.63. The Bertz CT molecular complexity index is 549. The number of nitrogens with zero attached hydrogens (tertiary/aromatic N) is 4. The number of hydrogen-bond donors (Lipinski definition) is 2. The Morgan fingerprint density at radius 3 is 2.33 bits per heavy atom. The van der Waals surface area contributed by atoms with E-state index in [2.05, 4.69) is 15.2 Å². The van der Waals surface area contributed by atoms with E-state index in [-0.39, 0.29) is 5.84 Å². The van der Waals surface area contributed by atoms with Gasteiger partial charge in [-0.25, -0.2) is 15.0 Å². The molecule has 0 saturated carbocycles. The van der Waals surface area contributed by atoms with Crippen molar-refractivity contribution in [3.8, 4) is 11.4 Å². The predicted octanol–water partition coefficient (Wildman–Crippen LogP) is 2.35. The van der Waals surface area contributed by atoms with Crippen molar-refractivity contribution in [3.05, 3.63) is 48.3 Å². The molecule has 18 heavy (non-hydrogen) atoms. The van der Waals surface area contributed by atoms with E-state index in [1.54, 1.807) is 12.4 Å². The first-order valence-corrected chi connectivity index (χ1v) is 5.30. The van der Waals surface area contributed by atoms with E-state index in [0.29, 0.717) is 11.4 Å². The normalized spacial score (nSPS) is 9.83. The van der Waals surface area contributed by atoms with Crippen LogP contribution in [0.2, 0.25) is 0 Å². The van der Waals surface area contributed by atoms with Crippen LogP contribution in [0.1, 0.15) is 5.56 Å². The van der Waals surface area contributed by atoms with Crippen LogP contribution < -0.4 is 0 Å². The average molecular weight is 240 g/mol. The highest BCUT2D eigenvalue weighted by Gasteiger charge is 2.08. The van der Waals surface area contributed by atoms with E-state index in [9.17, 15) is 0 Å². The number of amidine groups is 1. The first-order chi connectivity index (χ1) is 8.72. The Morgan fingerprint density at radius 1 is 1.17 bits per heavy atom. The van der Waals surface area contributed by atoms with Gasteiger partial charge in [0.2, 0.25) is 0 Å². The second kappa shape index (κ2) is 5.13. The highest BCUT2D eigenvalue weighted by atomic mass is 15.5. The van der Waals surface area contributed by atoms with Crippen molar-refractivity contribution in [1.29, 1.82) is 10.9 Å². The Balaban J connectivity index is 2.26. The molecular formula is C12H12N6. The molecule has 0 amide bonds. The van der Waals surface area contributed by atoms with Gasteiger partial charge in [0.15, 0.2) is 11.7 Å². The summed E-state index contributed by atoms with van der Waals surface area (Å²) >= 11 is 0. The molecule has 2 aromatic rings. The zero-order valence-electron chi connectivity index (χ0n) is 9.83. The summed E-state index contributed by atoms with van der Waals surface area (Å²) in [5, 5.41) is 12.0. The van der Waals surface area contributed by atoms with Gasteiger partial charge in [-0.2, -0.15) is 5.53 Å². The summed E-state index contributed by atoms with van der Waals surface area (Å²) in [7, 11) is 1.53. The maximum Gasteiger partial charge on any atom is 0.159 e. The summed E-state index contributed by atoms with van der Waals surface area (Å²) in [6.45, 7) is 0. The third-order valence-electron chi connectivity index (χ3n) is 2.43. The molecule has 2 N–H and O–H groups in total. The van der Waals surface area contributed by atoms with Gasteiger partial charge >= 0.3 is 0 Å². The molecule has 1 aromatic heterocycles. The van der Waals surface area contributed by atoms with Crippen LogP contribution in [0.15, 0.2) is 47.9 Å². The summed E-state index contributed by atoms with van der Waals surface area (Å²) < 4.78 is 0. The molecule has 0 aliphatic heterocycles. The first kappa shape index (κ1) is 11.8. The predicted molar refractivity (Wildman–Crippen MR) is 67.2 cm³/mol. The molecule has 1 aromatic carbocycles. The van der Waals surface area contributed by atoms with Crippen molar-refractivity contribution in [3.63, 3.8) is 0 Å². The molecule has 0 bridgehead atoms. The lowest BCUT2D eigenvalue weighted by molar-refractivity contribution is 0.485. The lowest BCUT2D eigenvalue weighted by atomic mass is 10.2. The number of hydrogen-bond acceptors (Lipinski definition) is 5. The van der Waals surface area contributed by atoms with Gasteiger partial charge in [0.25, 0.3) is 0 Å². The molecule has 0 radical (unpaired) electrons. The minimum atomic E-state index is 0.0876. The molecule has 0 aliphatic carbocycles. The van der Waals surface area contributed by atoms with Crippen LogP contribution in [-0.4, -0.2) is 27.9 Å².